The molecule has 1 heterocycles. The minimum Gasteiger partial charge on any atom is -0.476 e. The van der Waals surface area contributed by atoms with Crippen LogP contribution in [0.4, 0.5) is 0 Å². The number of carbonyl (C=O) groups is 1. The van der Waals surface area contributed by atoms with E-state index < -0.39 is 5.97 Å². The van der Waals surface area contributed by atoms with Gasteiger partial charge in [-0.3, -0.25) is 0 Å². The van der Waals surface area contributed by atoms with E-state index in [1.165, 1.54) is 5.56 Å². The third-order valence-corrected chi connectivity index (χ3v) is 2.37. The fraction of sp³-hybridized carbons (Fsp3) is 0.600. The number of H-pyrrole nitrogens is 1. The van der Waals surface area contributed by atoms with Gasteiger partial charge in [0.15, 0.2) is 0 Å². The van der Waals surface area contributed by atoms with Crippen LogP contribution < -0.4 is 4.68 Å². The molecule has 0 unspecified atom stereocenters. The van der Waals surface area contributed by atoms with Gasteiger partial charge in [-0.05, 0) is 12.8 Å². The molecule has 0 aromatic carbocycles. The molecule has 0 bridgehead atoms. The van der Waals surface area contributed by atoms with Crippen molar-refractivity contribution in [3.05, 3.63) is 17.0 Å². The number of hydrogen-bond acceptors (Lipinski definition) is 1. The van der Waals surface area contributed by atoms with Crippen molar-refractivity contribution in [2.24, 2.45) is 0 Å². The van der Waals surface area contributed by atoms with E-state index in [1.807, 2.05) is 13.8 Å². The van der Waals surface area contributed by atoms with E-state index in [2.05, 4.69) is 18.9 Å². The van der Waals surface area contributed by atoms with Gasteiger partial charge in [-0.1, -0.05) is 13.8 Å². The number of carboxylic acid groups (broad SMARTS) is 1. The topological polar surface area (TPSA) is 57.0 Å². The third kappa shape index (κ3) is 1.95. The molecular weight excluding hydrogens is 180 g/mol. The number of aromatic amines is 1. The number of nitrogens with one attached hydrogen (secondary N) is 1. The molecule has 0 saturated heterocycles. The van der Waals surface area contributed by atoms with Crippen molar-refractivity contribution in [2.45, 2.75) is 40.2 Å². The number of aliphatic carboxylic acids is 1. The smallest absolute Gasteiger partial charge is 0.372 e. The Morgan fingerprint density at radius 2 is 2.07 bits per heavy atom. The molecule has 0 saturated carbocycles. The molecule has 0 fully saturated rings. The van der Waals surface area contributed by atoms with E-state index >= 15 is 0 Å². The number of hydrogen-bond donors (Lipinski definition) is 2. The molecule has 14 heavy (non-hydrogen) atoms. The van der Waals surface area contributed by atoms with Crippen LogP contribution in [-0.4, -0.2) is 16.2 Å². The lowest BCUT2D eigenvalue weighted by Crippen LogP contribution is -2.42. The molecular formula is C10H17N2O2+. The molecule has 0 atom stereocenters. The number of carboxylic acids is 1. The van der Waals surface area contributed by atoms with Gasteiger partial charge in [0.1, 0.15) is 0 Å². The predicted octanol–water partition coefficient (Wildman–Crippen LogP) is 1.13. The summed E-state index contributed by atoms with van der Waals surface area (Å²) in [4.78, 5) is 10.6. The summed E-state index contributed by atoms with van der Waals surface area (Å²) in [5.74, 6) is -0.407. The van der Waals surface area contributed by atoms with Crippen LogP contribution in [0.25, 0.3) is 0 Å². The second kappa shape index (κ2) is 3.82. The molecule has 0 spiro atoms. The van der Waals surface area contributed by atoms with Crippen LogP contribution >= 0.6 is 0 Å². The maximum atomic E-state index is 10.6. The van der Waals surface area contributed by atoms with Gasteiger partial charge in [0.05, 0.1) is 5.69 Å². The van der Waals surface area contributed by atoms with Gasteiger partial charge >= 0.3 is 5.97 Å². The Balaban J connectivity index is 3.10. The molecule has 0 amide bonds. The van der Waals surface area contributed by atoms with Gasteiger partial charge < -0.3 is 5.11 Å². The van der Waals surface area contributed by atoms with E-state index in [0.717, 1.165) is 11.4 Å². The van der Waals surface area contributed by atoms with Gasteiger partial charge in [0.2, 0.25) is 5.69 Å². The SMILES string of the molecule is Cc1[nH][n+](CC(=O)O)c(C)c1C(C)C. The standard InChI is InChI=1S/C10H16N2O2/c1-6(2)10-7(3)11-12(8(10)4)5-9(13)14/h6H,5H2,1-4H3,(H,13,14)/p+1. The van der Waals surface area contributed by atoms with Crippen LogP contribution in [0.15, 0.2) is 0 Å². The average molecular weight is 197 g/mol. The zero-order chi connectivity index (χ0) is 10.9. The van der Waals surface area contributed by atoms with Crippen LogP contribution in [-0.2, 0) is 11.3 Å². The summed E-state index contributed by atoms with van der Waals surface area (Å²) in [6.45, 7) is 8.13. The average Bonchev–Trinajstić information content (AvgIpc) is 2.25. The van der Waals surface area contributed by atoms with E-state index in [-0.39, 0.29) is 6.54 Å². The molecule has 0 aliphatic carbocycles. The first kappa shape index (κ1) is 10.8. The summed E-state index contributed by atoms with van der Waals surface area (Å²) in [7, 11) is 0. The van der Waals surface area contributed by atoms with Crippen molar-refractivity contribution in [2.75, 3.05) is 0 Å². The van der Waals surface area contributed by atoms with Crippen LogP contribution in [0.1, 0.15) is 36.7 Å². The number of rotatable bonds is 3. The van der Waals surface area contributed by atoms with Crippen LogP contribution in [0.3, 0.4) is 0 Å². The first-order chi connectivity index (χ1) is 6.43. The molecule has 4 heteroatoms. The zero-order valence-electron chi connectivity index (χ0n) is 9.09. The molecule has 78 valence electrons. The Labute approximate surface area is 83.5 Å². The maximum Gasteiger partial charge on any atom is 0.372 e. The molecule has 1 rings (SSSR count). The second-order valence-corrected chi connectivity index (χ2v) is 3.87. The van der Waals surface area contributed by atoms with Crippen molar-refractivity contribution in [1.82, 2.24) is 5.10 Å². The van der Waals surface area contributed by atoms with E-state index in [9.17, 15) is 4.79 Å². The number of aromatic nitrogens is 2. The fourth-order valence-electron chi connectivity index (χ4n) is 1.91. The summed E-state index contributed by atoms with van der Waals surface area (Å²) in [5.41, 5.74) is 3.28. The van der Waals surface area contributed by atoms with E-state index in [0.29, 0.717) is 5.92 Å². The normalized spacial score (nSPS) is 10.9. The van der Waals surface area contributed by atoms with E-state index in [4.69, 9.17) is 5.11 Å². The molecule has 0 aliphatic rings. The zero-order valence-corrected chi connectivity index (χ0v) is 9.09. The number of nitrogens with zero attached hydrogens (tertiary/aromatic N) is 1. The van der Waals surface area contributed by atoms with Gasteiger partial charge in [0.25, 0.3) is 6.54 Å². The molecule has 2 N–H and O–H groups in total. The summed E-state index contributed by atoms with van der Waals surface area (Å²) in [6, 6.07) is 0. The molecule has 0 aliphatic heterocycles. The van der Waals surface area contributed by atoms with Crippen LogP contribution in [0.2, 0.25) is 0 Å². The highest BCUT2D eigenvalue weighted by atomic mass is 16.4. The summed E-state index contributed by atoms with van der Waals surface area (Å²) in [5, 5.41) is 11.8. The Kier molecular flexibility index (Phi) is 2.93. The fourth-order valence-corrected chi connectivity index (χ4v) is 1.91. The lowest BCUT2D eigenvalue weighted by molar-refractivity contribution is -0.745. The van der Waals surface area contributed by atoms with Gasteiger partial charge in [0, 0.05) is 12.5 Å². The van der Waals surface area contributed by atoms with Crippen molar-refractivity contribution >= 4 is 5.97 Å². The first-order valence-electron chi connectivity index (χ1n) is 4.74. The highest BCUT2D eigenvalue weighted by Gasteiger charge is 2.22. The molecule has 0 radical (unpaired) electrons. The Hall–Kier alpha value is -1.32. The van der Waals surface area contributed by atoms with Crippen molar-refractivity contribution in [3.63, 3.8) is 0 Å². The van der Waals surface area contributed by atoms with Gasteiger partial charge in [-0.25, -0.2) is 4.79 Å². The monoisotopic (exact) mass is 197 g/mol. The Morgan fingerprint density at radius 3 is 2.43 bits per heavy atom. The third-order valence-electron chi connectivity index (χ3n) is 2.37. The lowest BCUT2D eigenvalue weighted by Gasteiger charge is -2.00. The number of aryl methyl sites for hydroxylation is 1. The highest BCUT2D eigenvalue weighted by Crippen LogP contribution is 2.19. The Bertz CT molecular complexity index is 353. The van der Waals surface area contributed by atoms with Crippen molar-refractivity contribution < 1.29 is 14.6 Å². The molecule has 1 aromatic rings. The largest absolute Gasteiger partial charge is 0.476 e. The first-order valence-corrected chi connectivity index (χ1v) is 4.74. The molecule has 1 aromatic heterocycles. The van der Waals surface area contributed by atoms with Crippen molar-refractivity contribution in [3.8, 4) is 0 Å². The van der Waals surface area contributed by atoms with Crippen LogP contribution in [0, 0.1) is 13.8 Å². The van der Waals surface area contributed by atoms with Gasteiger partial charge in [-0.15, -0.1) is 4.68 Å². The quantitative estimate of drug-likeness (QED) is 0.713. The Morgan fingerprint density at radius 1 is 1.50 bits per heavy atom. The molecule has 4 nitrogen and oxygen atoms in total. The minimum absolute atomic E-state index is 0.000602. The van der Waals surface area contributed by atoms with Gasteiger partial charge in [-0.2, -0.15) is 5.10 Å². The summed E-state index contributed by atoms with van der Waals surface area (Å²) >= 11 is 0. The highest BCUT2D eigenvalue weighted by molar-refractivity contribution is 5.64. The summed E-state index contributed by atoms with van der Waals surface area (Å²) in [6.07, 6.45) is 0. The van der Waals surface area contributed by atoms with Crippen LogP contribution in [0.5, 0.6) is 0 Å². The predicted molar refractivity (Wildman–Crippen MR) is 52.2 cm³/mol. The summed E-state index contributed by atoms with van der Waals surface area (Å²) < 4.78 is 1.67. The van der Waals surface area contributed by atoms with Crippen molar-refractivity contribution in [1.29, 1.82) is 0 Å². The minimum atomic E-state index is -0.824. The maximum absolute atomic E-state index is 10.6. The lowest BCUT2D eigenvalue weighted by atomic mass is 10.0. The van der Waals surface area contributed by atoms with E-state index in [1.54, 1.807) is 4.68 Å². The second-order valence-electron chi connectivity index (χ2n) is 3.87.